The molecule has 0 aliphatic heterocycles. The third-order valence-electron chi connectivity index (χ3n) is 4.72. The number of hydrogen-bond donors (Lipinski definition) is 2. The molecule has 186 valence electrons. The minimum Gasteiger partial charge on any atom is -0.503 e. The van der Waals surface area contributed by atoms with E-state index in [1.165, 1.54) is 44.2 Å². The number of ether oxygens (including phenoxy) is 3. The molecule has 0 saturated heterocycles. The molecule has 1 aromatic heterocycles. The Bertz CT molecular complexity index is 1120. The summed E-state index contributed by atoms with van der Waals surface area (Å²) in [5, 5.41) is 12.8. The molecule has 7 nitrogen and oxygen atoms in total. The second-order valence-electron chi connectivity index (χ2n) is 7.54. The van der Waals surface area contributed by atoms with Crippen molar-refractivity contribution in [2.45, 2.75) is 26.4 Å². The van der Waals surface area contributed by atoms with Crippen LogP contribution in [-0.2, 0) is 16.0 Å². The monoisotopic (exact) mass is 500 g/mol. The average Bonchev–Trinajstić information content (AvgIpc) is 2.84. The number of carbonyl (C=O) groups is 1. The topological polar surface area (TPSA) is 89.9 Å². The lowest BCUT2D eigenvalue weighted by Gasteiger charge is -2.15. The molecule has 0 aliphatic rings. The van der Waals surface area contributed by atoms with Crippen LogP contribution >= 0.6 is 12.2 Å². The molecule has 0 fully saturated rings. The molecule has 1 atom stereocenters. The SMILES string of the molecule is COc1cccc(F)c1.COc1ccnc(C(=S)NCC(=O)OC(C)Cc2ccc(C)cc2)c1O. The number of methoxy groups -OCH3 is 2. The summed E-state index contributed by atoms with van der Waals surface area (Å²) in [7, 11) is 2.94. The summed E-state index contributed by atoms with van der Waals surface area (Å²) in [6.45, 7) is 3.75. The van der Waals surface area contributed by atoms with Crippen LogP contribution in [0.5, 0.6) is 17.2 Å². The molecule has 0 aliphatic carbocycles. The largest absolute Gasteiger partial charge is 0.503 e. The molecule has 0 saturated carbocycles. The van der Waals surface area contributed by atoms with Crippen LogP contribution in [-0.4, -0.2) is 47.9 Å². The van der Waals surface area contributed by atoms with Crippen molar-refractivity contribution in [2.24, 2.45) is 0 Å². The van der Waals surface area contributed by atoms with E-state index in [-0.39, 0.29) is 40.6 Å². The van der Waals surface area contributed by atoms with E-state index in [1.807, 2.05) is 38.1 Å². The first-order valence-electron chi connectivity index (χ1n) is 10.8. The molecular weight excluding hydrogens is 471 g/mol. The number of aryl methyl sites for hydroxylation is 1. The fraction of sp³-hybridized carbons (Fsp3) is 0.269. The van der Waals surface area contributed by atoms with Gasteiger partial charge in [-0.2, -0.15) is 0 Å². The molecule has 2 aromatic carbocycles. The lowest BCUT2D eigenvalue weighted by atomic mass is 10.1. The Morgan fingerprint density at radius 2 is 1.86 bits per heavy atom. The van der Waals surface area contributed by atoms with Gasteiger partial charge in [-0.1, -0.05) is 48.1 Å². The van der Waals surface area contributed by atoms with Crippen molar-refractivity contribution < 1.29 is 28.5 Å². The molecule has 9 heteroatoms. The van der Waals surface area contributed by atoms with E-state index < -0.39 is 5.97 Å². The standard InChI is InChI=1S/C19H22N2O4S.C7H7FO/c1-12-4-6-14(7-5-12)10-13(2)25-16(22)11-21-19(26)17-18(23)15(24-3)8-9-20-17;1-9-7-4-2-3-6(8)5-7/h4-9,13,23H,10-11H2,1-3H3,(H,21,26);2-5H,1H3. The van der Waals surface area contributed by atoms with Gasteiger partial charge < -0.3 is 24.6 Å². The van der Waals surface area contributed by atoms with Crippen molar-refractivity contribution in [1.29, 1.82) is 0 Å². The van der Waals surface area contributed by atoms with Gasteiger partial charge in [0.2, 0.25) is 0 Å². The van der Waals surface area contributed by atoms with Crippen LogP contribution in [0.4, 0.5) is 4.39 Å². The van der Waals surface area contributed by atoms with Crippen LogP contribution in [0.25, 0.3) is 0 Å². The predicted octanol–water partition coefficient (Wildman–Crippen LogP) is 4.38. The van der Waals surface area contributed by atoms with Gasteiger partial charge in [-0.15, -0.1) is 0 Å². The highest BCUT2D eigenvalue weighted by Crippen LogP contribution is 2.27. The predicted molar refractivity (Wildman–Crippen MR) is 136 cm³/mol. The smallest absolute Gasteiger partial charge is 0.325 e. The van der Waals surface area contributed by atoms with Crippen molar-refractivity contribution in [3.63, 3.8) is 0 Å². The quantitative estimate of drug-likeness (QED) is 0.348. The van der Waals surface area contributed by atoms with Gasteiger partial charge in [0.15, 0.2) is 11.5 Å². The van der Waals surface area contributed by atoms with E-state index in [9.17, 15) is 14.3 Å². The van der Waals surface area contributed by atoms with E-state index in [4.69, 9.17) is 26.4 Å². The minimum atomic E-state index is -0.436. The van der Waals surface area contributed by atoms with Crippen molar-refractivity contribution >= 4 is 23.2 Å². The summed E-state index contributed by atoms with van der Waals surface area (Å²) in [6.07, 6.45) is 1.84. The molecule has 3 aromatic rings. The maximum Gasteiger partial charge on any atom is 0.325 e. The van der Waals surface area contributed by atoms with Crippen LogP contribution in [0.2, 0.25) is 0 Å². The Kier molecular flexibility index (Phi) is 10.9. The van der Waals surface area contributed by atoms with Crippen LogP contribution in [0.1, 0.15) is 23.7 Å². The molecule has 0 amide bonds. The van der Waals surface area contributed by atoms with Gasteiger partial charge in [-0.25, -0.2) is 9.37 Å². The summed E-state index contributed by atoms with van der Waals surface area (Å²) in [4.78, 5) is 16.1. The fourth-order valence-corrected chi connectivity index (χ4v) is 3.18. The number of aromatic hydroxyl groups is 1. The van der Waals surface area contributed by atoms with E-state index in [2.05, 4.69) is 10.3 Å². The number of aromatic nitrogens is 1. The number of nitrogens with one attached hydrogen (secondary N) is 1. The number of thiocarbonyl (C=S) groups is 1. The number of halogens is 1. The van der Waals surface area contributed by atoms with Gasteiger partial charge >= 0.3 is 5.97 Å². The Labute approximate surface area is 209 Å². The van der Waals surface area contributed by atoms with E-state index in [1.54, 1.807) is 12.1 Å². The van der Waals surface area contributed by atoms with Crippen LogP contribution in [0, 0.1) is 12.7 Å². The third kappa shape index (κ3) is 9.21. The van der Waals surface area contributed by atoms with Crippen LogP contribution in [0.15, 0.2) is 60.8 Å². The molecule has 2 N–H and O–H groups in total. The zero-order chi connectivity index (χ0) is 25.8. The van der Waals surface area contributed by atoms with Crippen LogP contribution in [0.3, 0.4) is 0 Å². The second-order valence-corrected chi connectivity index (χ2v) is 7.95. The molecule has 3 rings (SSSR count). The normalized spacial score (nSPS) is 10.9. The molecule has 0 bridgehead atoms. The van der Waals surface area contributed by atoms with Gasteiger partial charge in [0.25, 0.3) is 0 Å². The first-order chi connectivity index (χ1) is 16.7. The highest BCUT2D eigenvalue weighted by atomic mass is 32.1. The average molecular weight is 501 g/mol. The zero-order valence-electron chi connectivity index (χ0n) is 20.1. The molecular formula is C26H29FN2O5S. The van der Waals surface area contributed by atoms with Crippen molar-refractivity contribution in [2.75, 3.05) is 20.8 Å². The summed E-state index contributed by atoms with van der Waals surface area (Å²) < 4.78 is 27.4. The first kappa shape index (κ1) is 27.5. The summed E-state index contributed by atoms with van der Waals surface area (Å²) in [5.74, 6) is -0.0687. The fourth-order valence-electron chi connectivity index (χ4n) is 2.96. The lowest BCUT2D eigenvalue weighted by Crippen LogP contribution is -2.32. The Balaban J connectivity index is 0.000000402. The van der Waals surface area contributed by atoms with Gasteiger partial charge in [-0.05, 0) is 31.5 Å². The van der Waals surface area contributed by atoms with Crippen molar-refractivity contribution in [3.05, 3.63) is 83.4 Å². The highest BCUT2D eigenvalue weighted by Gasteiger charge is 2.16. The number of hydrogen-bond acceptors (Lipinski definition) is 7. The minimum absolute atomic E-state index is 0.116. The van der Waals surface area contributed by atoms with Crippen molar-refractivity contribution in [1.82, 2.24) is 10.3 Å². The Hall–Kier alpha value is -3.72. The number of pyridine rings is 1. The first-order valence-corrected chi connectivity index (χ1v) is 11.2. The highest BCUT2D eigenvalue weighted by molar-refractivity contribution is 7.80. The lowest BCUT2D eigenvalue weighted by molar-refractivity contribution is -0.146. The number of esters is 1. The second kappa shape index (κ2) is 13.9. The van der Waals surface area contributed by atoms with Crippen molar-refractivity contribution in [3.8, 4) is 17.2 Å². The molecule has 1 heterocycles. The molecule has 35 heavy (non-hydrogen) atoms. The van der Waals surface area contributed by atoms with Crippen LogP contribution < -0.4 is 14.8 Å². The molecule has 0 spiro atoms. The number of rotatable bonds is 8. The van der Waals surface area contributed by atoms with E-state index in [0.717, 1.165) is 5.56 Å². The molecule has 0 radical (unpaired) electrons. The summed E-state index contributed by atoms with van der Waals surface area (Å²) in [6, 6.07) is 15.6. The Morgan fingerprint density at radius 1 is 1.14 bits per heavy atom. The third-order valence-corrected chi connectivity index (χ3v) is 5.06. The summed E-state index contributed by atoms with van der Waals surface area (Å²) >= 11 is 5.17. The summed E-state index contributed by atoms with van der Waals surface area (Å²) in [5.41, 5.74) is 2.44. The van der Waals surface area contributed by atoms with Gasteiger partial charge in [0, 0.05) is 24.8 Å². The zero-order valence-corrected chi connectivity index (χ0v) is 20.9. The van der Waals surface area contributed by atoms with E-state index >= 15 is 0 Å². The Morgan fingerprint density at radius 3 is 2.46 bits per heavy atom. The van der Waals surface area contributed by atoms with Gasteiger partial charge in [0.1, 0.15) is 34.9 Å². The number of benzene rings is 2. The van der Waals surface area contributed by atoms with Gasteiger partial charge in [-0.3, -0.25) is 4.79 Å². The maximum absolute atomic E-state index is 12.3. The van der Waals surface area contributed by atoms with Gasteiger partial charge in [0.05, 0.1) is 14.2 Å². The maximum atomic E-state index is 12.3. The van der Waals surface area contributed by atoms with E-state index in [0.29, 0.717) is 12.2 Å². The number of carbonyl (C=O) groups excluding carboxylic acids is 1. The number of nitrogens with zero attached hydrogens (tertiary/aromatic N) is 1. The molecule has 1 unspecified atom stereocenters.